The van der Waals surface area contributed by atoms with Crippen molar-refractivity contribution >= 4 is 22.6 Å². The number of amides is 1. The molecular weight excluding hydrogens is 492 g/mol. The number of H-pyrrole nitrogens is 1. The summed E-state index contributed by atoms with van der Waals surface area (Å²) in [4.78, 5) is 36.3. The number of rotatable bonds is 3. The van der Waals surface area contributed by atoms with E-state index >= 15 is 0 Å². The normalized spacial score (nSPS) is 42.0. The molecule has 210 valence electrons. The van der Waals surface area contributed by atoms with E-state index in [0.29, 0.717) is 13.0 Å². The Balaban J connectivity index is 1.20. The number of aromatic amines is 1. The first-order chi connectivity index (χ1) is 18.5. The largest absolute Gasteiger partial charge is 0.364 e. The molecule has 1 aromatic carbocycles. The highest BCUT2D eigenvalue weighted by atomic mass is 16.7. The van der Waals surface area contributed by atoms with Crippen molar-refractivity contribution < 1.29 is 19.4 Å². The van der Waals surface area contributed by atoms with E-state index in [2.05, 4.69) is 58.5 Å². The standard InChI is InChI=1S/C31H42N4O4/c1-17(2)30(27(36)26-18(3)15-35-11-7-10-24(35)31(26,38)39-30)33-28(37)19-12-22-21-8-6-9-23-25(21)20(14-32-23)13-29(22,4)34(5)16-19/h6,8-9,14,17-19,22,24,26,32,38H,7,10-13,15-16H2,1-5H3,(H,33,37)/t18-,19?,22?,24?,26?,29?,30+,31-/m0/s1. The summed E-state index contributed by atoms with van der Waals surface area (Å²) in [7, 11) is 2.12. The number of fused-ring (bicyclic) bond motifs is 5. The zero-order valence-corrected chi connectivity index (χ0v) is 23.8. The number of nitrogens with one attached hydrogen (secondary N) is 2. The predicted molar refractivity (Wildman–Crippen MR) is 148 cm³/mol. The number of likely N-dealkylation sites (N-methyl/N-ethyl adjacent to an activating group) is 1. The second-order valence-electron chi connectivity index (χ2n) is 13.7. The van der Waals surface area contributed by atoms with E-state index in [-0.39, 0.29) is 46.9 Å². The maximum atomic E-state index is 14.2. The second-order valence-corrected chi connectivity index (χ2v) is 13.7. The summed E-state index contributed by atoms with van der Waals surface area (Å²) in [5.74, 6) is -3.01. The number of likely N-dealkylation sites (tertiary alicyclic amines) is 1. The highest BCUT2D eigenvalue weighted by molar-refractivity contribution is 5.97. The molecule has 0 saturated carbocycles. The minimum absolute atomic E-state index is 0.0471. The first kappa shape index (κ1) is 25.7. The number of carbonyl (C=O) groups excluding carboxylic acids is 2. The zero-order valence-electron chi connectivity index (χ0n) is 23.8. The van der Waals surface area contributed by atoms with Crippen LogP contribution in [0.1, 0.15) is 64.0 Å². The van der Waals surface area contributed by atoms with E-state index < -0.39 is 17.4 Å². The Morgan fingerprint density at radius 2 is 2.08 bits per heavy atom. The van der Waals surface area contributed by atoms with Crippen molar-refractivity contribution in [2.24, 2.45) is 23.7 Å². The molecule has 1 aromatic heterocycles. The minimum atomic E-state index is -1.57. The molecule has 3 N–H and O–H groups in total. The number of aromatic nitrogens is 1. The van der Waals surface area contributed by atoms with Gasteiger partial charge in [0.25, 0.3) is 0 Å². The maximum Gasteiger partial charge on any atom is 0.226 e. The molecule has 8 heteroatoms. The Hall–Kier alpha value is -2.26. The lowest BCUT2D eigenvalue weighted by Crippen LogP contribution is -2.63. The van der Waals surface area contributed by atoms with Gasteiger partial charge in [0.2, 0.25) is 11.6 Å². The Labute approximate surface area is 230 Å². The van der Waals surface area contributed by atoms with Crippen LogP contribution in [0, 0.1) is 23.7 Å². The fourth-order valence-corrected chi connectivity index (χ4v) is 9.07. The summed E-state index contributed by atoms with van der Waals surface area (Å²) in [5, 5.41) is 16.4. The van der Waals surface area contributed by atoms with Gasteiger partial charge in [0.1, 0.15) is 0 Å². The molecule has 39 heavy (non-hydrogen) atoms. The van der Waals surface area contributed by atoms with Crippen LogP contribution in [0.4, 0.5) is 0 Å². The van der Waals surface area contributed by atoms with E-state index in [1.165, 1.54) is 16.5 Å². The van der Waals surface area contributed by atoms with Crippen LogP contribution in [0.2, 0.25) is 0 Å². The number of nitrogens with zero attached hydrogens (tertiary/aromatic N) is 2. The number of benzene rings is 1. The second kappa shape index (κ2) is 8.38. The molecular formula is C31H42N4O4. The molecule has 4 fully saturated rings. The molecule has 1 amide bonds. The summed E-state index contributed by atoms with van der Waals surface area (Å²) in [5.41, 5.74) is 2.16. The van der Waals surface area contributed by atoms with Crippen molar-refractivity contribution in [3.8, 4) is 0 Å². The predicted octanol–water partition coefficient (Wildman–Crippen LogP) is 3.00. The van der Waals surface area contributed by atoms with E-state index in [0.717, 1.165) is 37.9 Å². The summed E-state index contributed by atoms with van der Waals surface area (Å²) >= 11 is 0. The lowest BCUT2D eigenvalue weighted by Gasteiger charge is -2.53. The highest BCUT2D eigenvalue weighted by Gasteiger charge is 2.70. The Kier molecular flexibility index (Phi) is 5.52. The van der Waals surface area contributed by atoms with Crippen LogP contribution in [0.15, 0.2) is 24.4 Å². The molecule has 0 radical (unpaired) electrons. The molecule has 4 aliphatic heterocycles. The Morgan fingerprint density at radius 1 is 1.28 bits per heavy atom. The van der Waals surface area contributed by atoms with Gasteiger partial charge in [0.05, 0.1) is 17.9 Å². The molecule has 0 bridgehead atoms. The third-order valence-corrected chi connectivity index (χ3v) is 11.2. The molecule has 5 unspecified atom stereocenters. The van der Waals surface area contributed by atoms with Crippen LogP contribution < -0.4 is 5.32 Å². The molecule has 8 atom stereocenters. The van der Waals surface area contributed by atoms with Crippen molar-refractivity contribution in [1.82, 2.24) is 20.1 Å². The third kappa shape index (κ3) is 3.32. The summed E-state index contributed by atoms with van der Waals surface area (Å²) in [6, 6.07) is 6.22. The number of ketones is 1. The van der Waals surface area contributed by atoms with Gasteiger partial charge in [-0.2, -0.15) is 0 Å². The van der Waals surface area contributed by atoms with Gasteiger partial charge in [-0.3, -0.25) is 19.4 Å². The van der Waals surface area contributed by atoms with Crippen LogP contribution in [-0.2, 0) is 20.7 Å². The van der Waals surface area contributed by atoms with Gasteiger partial charge in [0.15, 0.2) is 11.6 Å². The number of hydrogen-bond donors (Lipinski definition) is 3. The monoisotopic (exact) mass is 534 g/mol. The molecule has 4 saturated heterocycles. The smallest absolute Gasteiger partial charge is 0.226 e. The van der Waals surface area contributed by atoms with E-state index in [1.54, 1.807) is 0 Å². The summed E-state index contributed by atoms with van der Waals surface area (Å²) < 4.78 is 6.51. The molecule has 7 rings (SSSR count). The van der Waals surface area contributed by atoms with Gasteiger partial charge in [-0.15, -0.1) is 0 Å². The van der Waals surface area contributed by atoms with Gasteiger partial charge in [-0.1, -0.05) is 32.9 Å². The molecule has 8 nitrogen and oxygen atoms in total. The zero-order chi connectivity index (χ0) is 27.5. The molecule has 1 aliphatic carbocycles. The van der Waals surface area contributed by atoms with Gasteiger partial charge in [-0.05, 0) is 69.3 Å². The first-order valence-electron chi connectivity index (χ1n) is 14.8. The third-order valence-electron chi connectivity index (χ3n) is 11.2. The van der Waals surface area contributed by atoms with E-state index in [9.17, 15) is 14.7 Å². The van der Waals surface area contributed by atoms with Gasteiger partial charge < -0.3 is 20.1 Å². The highest BCUT2D eigenvalue weighted by Crippen LogP contribution is 2.53. The van der Waals surface area contributed by atoms with Gasteiger partial charge >= 0.3 is 0 Å². The topological polar surface area (TPSA) is 97.9 Å². The van der Waals surface area contributed by atoms with Gasteiger partial charge in [0, 0.05) is 47.6 Å². The van der Waals surface area contributed by atoms with E-state index in [1.807, 2.05) is 20.8 Å². The number of piperidine rings is 2. The molecule has 5 aliphatic rings. The fourth-order valence-electron chi connectivity index (χ4n) is 9.07. The van der Waals surface area contributed by atoms with E-state index in [4.69, 9.17) is 4.74 Å². The SMILES string of the molecule is CC(C)[C@@]1(NC(=O)C2CC3c4cccc5[nH]cc(c45)CC3(C)N(C)C2)O[C@]2(O)C(C1=O)[C@@H](C)CN1CCCC12. The van der Waals surface area contributed by atoms with Gasteiger partial charge in [-0.25, -0.2) is 0 Å². The molecule has 2 aromatic rings. The quantitative estimate of drug-likeness (QED) is 0.560. The van der Waals surface area contributed by atoms with Crippen LogP contribution in [0.25, 0.3) is 10.9 Å². The van der Waals surface area contributed by atoms with Crippen molar-refractivity contribution in [3.05, 3.63) is 35.5 Å². The number of Topliss-reactive ketones (excluding diaryl/α,β-unsaturated/α-hetero) is 1. The summed E-state index contributed by atoms with van der Waals surface area (Å²) in [6.07, 6.45) is 5.56. The number of hydrogen-bond acceptors (Lipinski definition) is 6. The van der Waals surface area contributed by atoms with Crippen molar-refractivity contribution in [3.63, 3.8) is 0 Å². The number of aliphatic hydroxyl groups is 1. The average molecular weight is 535 g/mol. The number of ether oxygens (including phenoxy) is 1. The Morgan fingerprint density at radius 3 is 2.85 bits per heavy atom. The lowest BCUT2D eigenvalue weighted by atomic mass is 9.64. The average Bonchev–Trinajstić information content (AvgIpc) is 3.57. The molecule has 0 spiro atoms. The fraction of sp³-hybridized carbons (Fsp3) is 0.677. The van der Waals surface area contributed by atoms with Crippen LogP contribution in [0.3, 0.4) is 0 Å². The lowest BCUT2D eigenvalue weighted by molar-refractivity contribution is -0.294. The van der Waals surface area contributed by atoms with Crippen molar-refractivity contribution in [2.45, 2.75) is 82.4 Å². The van der Waals surface area contributed by atoms with Crippen LogP contribution in [0.5, 0.6) is 0 Å². The number of carbonyl (C=O) groups is 2. The van der Waals surface area contributed by atoms with Crippen molar-refractivity contribution in [2.75, 3.05) is 26.7 Å². The summed E-state index contributed by atoms with van der Waals surface area (Å²) in [6.45, 7) is 10.5. The maximum absolute atomic E-state index is 14.2. The van der Waals surface area contributed by atoms with Crippen molar-refractivity contribution in [1.29, 1.82) is 0 Å². The van der Waals surface area contributed by atoms with Crippen LogP contribution in [-0.4, -0.2) is 81.4 Å². The Bertz CT molecular complexity index is 1360. The minimum Gasteiger partial charge on any atom is -0.364 e. The van der Waals surface area contributed by atoms with Crippen LogP contribution >= 0.6 is 0 Å². The molecule has 5 heterocycles. The first-order valence-corrected chi connectivity index (χ1v) is 14.8.